The maximum Gasteiger partial charge on any atom is 0.274 e. The zero-order valence-electron chi connectivity index (χ0n) is 20.1. The molecule has 3 aliphatic rings. The molecule has 3 aliphatic heterocycles. The monoisotopic (exact) mass is 504 g/mol. The van der Waals surface area contributed by atoms with Crippen molar-refractivity contribution in [2.24, 2.45) is 0 Å². The van der Waals surface area contributed by atoms with E-state index in [1.54, 1.807) is 24.1 Å². The molecule has 4 heterocycles. The first-order valence-corrected chi connectivity index (χ1v) is 12.7. The van der Waals surface area contributed by atoms with Crippen LogP contribution in [0.25, 0.3) is 10.9 Å². The van der Waals surface area contributed by atoms with Crippen LogP contribution in [0.3, 0.4) is 0 Å². The van der Waals surface area contributed by atoms with Crippen molar-refractivity contribution in [1.29, 1.82) is 0 Å². The summed E-state index contributed by atoms with van der Waals surface area (Å²) in [4.78, 5) is 34.8. The third-order valence-corrected chi connectivity index (χ3v) is 7.91. The first-order chi connectivity index (χ1) is 17.5. The maximum atomic E-state index is 13.1. The molecule has 2 atom stereocenters. The van der Waals surface area contributed by atoms with E-state index in [9.17, 15) is 9.59 Å². The summed E-state index contributed by atoms with van der Waals surface area (Å²) in [7, 11) is 1.76. The van der Waals surface area contributed by atoms with Crippen molar-refractivity contribution in [2.75, 3.05) is 20.2 Å². The molecule has 3 aromatic rings. The summed E-state index contributed by atoms with van der Waals surface area (Å²) in [6, 6.07) is 15.8. The minimum atomic E-state index is -0.384. The van der Waals surface area contributed by atoms with E-state index in [2.05, 4.69) is 27.1 Å². The number of likely N-dealkylation sites (N-methyl/N-ethyl adjacent to an activating group) is 1. The molecular formula is C27H28N4O4S. The number of carbonyl (C=O) groups is 2. The standard InChI is InChI=1S/C27H28N4O4S/c1-29-26(33)20-15-30(27(29)36)16-22-24(20)19-6-2-3-7-21(19)31(22)14-17-9-11-18(12-10-17)25(32)28-35-23-8-4-5-13-34-23/h2-3,6-7,9-12,20,23H,4-5,8,13-16H2,1H3,(H,28,32). The van der Waals surface area contributed by atoms with Gasteiger partial charge in [-0.2, -0.15) is 0 Å². The van der Waals surface area contributed by atoms with Crippen LogP contribution in [0.2, 0.25) is 0 Å². The topological polar surface area (TPSA) is 76.0 Å². The number of carbonyl (C=O) groups excluding carboxylic acids is 2. The third kappa shape index (κ3) is 3.97. The van der Waals surface area contributed by atoms with E-state index in [4.69, 9.17) is 21.8 Å². The molecule has 0 saturated carbocycles. The van der Waals surface area contributed by atoms with E-state index in [1.807, 2.05) is 24.3 Å². The lowest BCUT2D eigenvalue weighted by atomic mass is 9.89. The average Bonchev–Trinajstić information content (AvgIpc) is 3.23. The average molecular weight is 505 g/mol. The smallest absolute Gasteiger partial charge is 0.274 e. The molecule has 186 valence electrons. The van der Waals surface area contributed by atoms with Crippen molar-refractivity contribution < 1.29 is 19.2 Å². The minimum Gasteiger partial charge on any atom is -0.350 e. The molecule has 6 rings (SSSR count). The van der Waals surface area contributed by atoms with Crippen LogP contribution in [-0.4, -0.2) is 57.8 Å². The van der Waals surface area contributed by atoms with Gasteiger partial charge in [-0.3, -0.25) is 14.5 Å². The minimum absolute atomic E-state index is 0.0521. The van der Waals surface area contributed by atoms with Crippen molar-refractivity contribution in [3.63, 3.8) is 0 Å². The van der Waals surface area contributed by atoms with Crippen molar-refractivity contribution in [2.45, 2.75) is 44.6 Å². The van der Waals surface area contributed by atoms with Crippen molar-refractivity contribution >= 4 is 40.0 Å². The summed E-state index contributed by atoms with van der Waals surface area (Å²) < 4.78 is 7.78. The van der Waals surface area contributed by atoms with Gasteiger partial charge in [0.1, 0.15) is 0 Å². The Kier molecular flexibility index (Phi) is 5.99. The Labute approximate surface area is 214 Å². The van der Waals surface area contributed by atoms with Crippen LogP contribution in [0.15, 0.2) is 48.5 Å². The number of benzene rings is 2. The summed E-state index contributed by atoms with van der Waals surface area (Å²) in [5.41, 5.74) is 7.42. The lowest BCUT2D eigenvalue weighted by molar-refractivity contribution is -0.186. The van der Waals surface area contributed by atoms with E-state index in [-0.39, 0.29) is 24.0 Å². The van der Waals surface area contributed by atoms with Gasteiger partial charge >= 0.3 is 0 Å². The molecule has 0 radical (unpaired) electrons. The number of thiocarbonyl (C=S) groups is 1. The van der Waals surface area contributed by atoms with Gasteiger partial charge in [-0.25, -0.2) is 10.3 Å². The van der Waals surface area contributed by atoms with Crippen LogP contribution in [0.5, 0.6) is 0 Å². The van der Waals surface area contributed by atoms with Crippen molar-refractivity contribution in [3.8, 4) is 0 Å². The summed E-state index contributed by atoms with van der Waals surface area (Å²) >= 11 is 5.56. The highest BCUT2D eigenvalue weighted by Crippen LogP contribution is 2.40. The molecule has 8 nitrogen and oxygen atoms in total. The molecule has 0 spiro atoms. The Balaban J connectivity index is 1.26. The van der Waals surface area contributed by atoms with Gasteiger partial charge in [-0.1, -0.05) is 30.3 Å². The Bertz CT molecular complexity index is 1350. The second kappa shape index (κ2) is 9.31. The molecule has 0 aliphatic carbocycles. The fourth-order valence-electron chi connectivity index (χ4n) is 5.49. The van der Waals surface area contributed by atoms with E-state index < -0.39 is 0 Å². The molecule has 36 heavy (non-hydrogen) atoms. The lowest BCUT2D eigenvalue weighted by Crippen LogP contribution is -2.56. The fraction of sp³-hybridized carbons (Fsp3) is 0.370. The van der Waals surface area contributed by atoms with Crippen LogP contribution in [0.4, 0.5) is 0 Å². The summed E-state index contributed by atoms with van der Waals surface area (Å²) in [6.07, 6.45) is 2.44. The summed E-state index contributed by atoms with van der Waals surface area (Å²) in [5.74, 6) is -0.469. The lowest BCUT2D eigenvalue weighted by Gasteiger charge is -2.43. The molecule has 2 saturated heterocycles. The van der Waals surface area contributed by atoms with Gasteiger partial charge in [0.2, 0.25) is 5.91 Å². The molecular weight excluding hydrogens is 476 g/mol. The van der Waals surface area contributed by atoms with Crippen molar-refractivity contribution in [3.05, 3.63) is 70.9 Å². The van der Waals surface area contributed by atoms with Crippen LogP contribution in [-0.2, 0) is 27.5 Å². The number of hydrogen-bond acceptors (Lipinski definition) is 5. The molecule has 1 aromatic heterocycles. The Morgan fingerprint density at radius 2 is 1.97 bits per heavy atom. The number of aromatic nitrogens is 1. The normalized spacial score (nSPS) is 21.6. The van der Waals surface area contributed by atoms with Crippen LogP contribution >= 0.6 is 12.2 Å². The zero-order chi connectivity index (χ0) is 24.8. The Morgan fingerprint density at radius 1 is 1.17 bits per heavy atom. The van der Waals surface area contributed by atoms with E-state index in [1.165, 1.54) is 0 Å². The van der Waals surface area contributed by atoms with Gasteiger partial charge in [0.05, 0.1) is 12.5 Å². The highest BCUT2D eigenvalue weighted by Gasteiger charge is 2.42. The van der Waals surface area contributed by atoms with E-state index in [0.717, 1.165) is 47.0 Å². The Hall–Kier alpha value is -3.27. The predicted octanol–water partition coefficient (Wildman–Crippen LogP) is 3.53. The number of hydroxylamine groups is 1. The summed E-state index contributed by atoms with van der Waals surface area (Å²) in [5, 5.41) is 1.69. The van der Waals surface area contributed by atoms with Gasteiger partial charge in [-0.05, 0) is 54.4 Å². The van der Waals surface area contributed by atoms with Crippen LogP contribution in [0.1, 0.15) is 52.4 Å². The van der Waals surface area contributed by atoms with Gasteiger partial charge in [-0.15, -0.1) is 0 Å². The van der Waals surface area contributed by atoms with Gasteiger partial charge in [0, 0.05) is 55.3 Å². The Morgan fingerprint density at radius 3 is 2.75 bits per heavy atom. The SMILES string of the molecule is CN1C(=O)C2CN(Cc3c2c2ccccc2n3Cc2ccc(C(=O)NOC3CCCCO3)cc2)C1=S. The molecule has 2 unspecified atom stereocenters. The maximum absolute atomic E-state index is 13.1. The number of fused-ring (bicyclic) bond motifs is 6. The van der Waals surface area contributed by atoms with Gasteiger partial charge < -0.3 is 14.2 Å². The number of hydrogen-bond donors (Lipinski definition) is 1. The fourth-order valence-corrected chi connectivity index (χ4v) is 5.72. The highest BCUT2D eigenvalue weighted by atomic mass is 32.1. The van der Waals surface area contributed by atoms with Crippen LogP contribution < -0.4 is 5.48 Å². The molecule has 9 heteroatoms. The second-order valence-electron chi connectivity index (χ2n) is 9.62. The number of para-hydroxylation sites is 1. The molecule has 2 fully saturated rings. The molecule has 2 amide bonds. The number of nitrogens with zero attached hydrogens (tertiary/aromatic N) is 3. The quantitative estimate of drug-likeness (QED) is 0.423. The van der Waals surface area contributed by atoms with Crippen LogP contribution in [0, 0.1) is 0 Å². The number of nitrogens with one attached hydrogen (secondary N) is 1. The highest BCUT2D eigenvalue weighted by molar-refractivity contribution is 7.80. The molecule has 1 N–H and O–H groups in total. The largest absolute Gasteiger partial charge is 0.350 e. The van der Waals surface area contributed by atoms with Crippen molar-refractivity contribution in [1.82, 2.24) is 19.8 Å². The second-order valence-corrected chi connectivity index (χ2v) is 9.98. The van der Waals surface area contributed by atoms with Gasteiger partial charge in [0.15, 0.2) is 11.4 Å². The van der Waals surface area contributed by atoms with Gasteiger partial charge in [0.25, 0.3) is 5.91 Å². The predicted molar refractivity (Wildman–Crippen MR) is 138 cm³/mol. The van der Waals surface area contributed by atoms with E-state index in [0.29, 0.717) is 36.9 Å². The molecule has 2 bridgehead atoms. The zero-order valence-corrected chi connectivity index (χ0v) is 20.9. The molecule has 2 aromatic carbocycles. The first-order valence-electron chi connectivity index (χ1n) is 12.3. The van der Waals surface area contributed by atoms with E-state index >= 15 is 0 Å². The summed E-state index contributed by atoms with van der Waals surface area (Å²) in [6.45, 7) is 2.57. The number of amides is 2. The number of ether oxygens (including phenoxy) is 1. The number of rotatable bonds is 5. The third-order valence-electron chi connectivity index (χ3n) is 7.38. The first kappa shape index (κ1) is 23.1.